The van der Waals surface area contributed by atoms with Gasteiger partial charge in [0, 0.05) is 38.3 Å². The Labute approximate surface area is 170 Å². The van der Waals surface area contributed by atoms with Gasteiger partial charge < -0.3 is 14.4 Å². The first-order chi connectivity index (χ1) is 13.7. The van der Waals surface area contributed by atoms with Crippen LogP contribution in [0, 0.1) is 0 Å². The SMILES string of the molecule is CC(C)(C)OC(=O)N1CCC2(CC1)CC(=O)c1cc(-c3ccncc3)ccc1O2. The highest BCUT2D eigenvalue weighted by Crippen LogP contribution is 2.40. The van der Waals surface area contributed by atoms with Crippen LogP contribution in [0.25, 0.3) is 11.1 Å². The van der Waals surface area contributed by atoms with E-state index < -0.39 is 11.2 Å². The number of pyridine rings is 1. The number of hydrogen-bond donors (Lipinski definition) is 0. The van der Waals surface area contributed by atoms with Crippen molar-refractivity contribution in [2.75, 3.05) is 13.1 Å². The summed E-state index contributed by atoms with van der Waals surface area (Å²) in [4.78, 5) is 31.0. The van der Waals surface area contributed by atoms with Crippen LogP contribution in [-0.2, 0) is 4.74 Å². The molecule has 0 unspecified atom stereocenters. The zero-order valence-electron chi connectivity index (χ0n) is 17.1. The van der Waals surface area contributed by atoms with Crippen LogP contribution in [0.15, 0.2) is 42.7 Å². The molecule has 0 saturated carbocycles. The number of amides is 1. The number of benzene rings is 1. The number of likely N-dealkylation sites (tertiary alicyclic amines) is 1. The van der Waals surface area contributed by atoms with Crippen LogP contribution in [0.3, 0.4) is 0 Å². The van der Waals surface area contributed by atoms with E-state index in [9.17, 15) is 9.59 Å². The molecule has 0 radical (unpaired) electrons. The molecule has 1 amide bonds. The maximum atomic E-state index is 12.9. The van der Waals surface area contributed by atoms with Crippen LogP contribution in [0.4, 0.5) is 4.79 Å². The average molecular weight is 394 g/mol. The van der Waals surface area contributed by atoms with E-state index in [1.807, 2.05) is 51.1 Å². The van der Waals surface area contributed by atoms with Crippen molar-refractivity contribution in [3.05, 3.63) is 48.3 Å². The number of ether oxygens (including phenoxy) is 2. The molecule has 1 aromatic carbocycles. The summed E-state index contributed by atoms with van der Waals surface area (Å²) in [7, 11) is 0. The Morgan fingerprint density at radius 1 is 1.10 bits per heavy atom. The Hall–Kier alpha value is -2.89. The van der Waals surface area contributed by atoms with Gasteiger partial charge in [-0.05, 0) is 56.2 Å². The molecule has 6 nitrogen and oxygen atoms in total. The second-order valence-corrected chi connectivity index (χ2v) is 8.80. The fraction of sp³-hybridized carbons (Fsp3) is 0.435. The summed E-state index contributed by atoms with van der Waals surface area (Å²) in [5.74, 6) is 0.720. The molecule has 0 aliphatic carbocycles. The Morgan fingerprint density at radius 3 is 2.45 bits per heavy atom. The fourth-order valence-electron chi connectivity index (χ4n) is 3.92. The van der Waals surface area contributed by atoms with Crippen LogP contribution in [0.1, 0.15) is 50.4 Å². The van der Waals surface area contributed by atoms with Gasteiger partial charge in [-0.2, -0.15) is 0 Å². The third-order valence-electron chi connectivity index (χ3n) is 5.43. The molecule has 2 aliphatic rings. The number of carbonyl (C=O) groups excluding carboxylic acids is 2. The average Bonchev–Trinajstić information content (AvgIpc) is 2.67. The Balaban J connectivity index is 1.48. The number of carbonyl (C=O) groups is 2. The van der Waals surface area contributed by atoms with Crippen LogP contribution in [0.2, 0.25) is 0 Å². The van der Waals surface area contributed by atoms with Crippen LogP contribution >= 0.6 is 0 Å². The maximum absolute atomic E-state index is 12.9. The number of Topliss-reactive ketones (excluding diaryl/α,β-unsaturated/α-hetero) is 1. The van der Waals surface area contributed by atoms with E-state index >= 15 is 0 Å². The lowest BCUT2D eigenvalue weighted by Gasteiger charge is -2.44. The topological polar surface area (TPSA) is 68.7 Å². The van der Waals surface area contributed by atoms with E-state index in [0.717, 1.165) is 11.1 Å². The number of rotatable bonds is 1. The number of aromatic nitrogens is 1. The molecule has 4 rings (SSSR count). The lowest BCUT2D eigenvalue weighted by atomic mass is 9.82. The van der Waals surface area contributed by atoms with Crippen molar-refractivity contribution in [1.82, 2.24) is 9.88 Å². The molecular weight excluding hydrogens is 368 g/mol. The predicted molar refractivity (Wildman–Crippen MR) is 109 cm³/mol. The highest BCUT2D eigenvalue weighted by molar-refractivity contribution is 6.01. The Bertz CT molecular complexity index is 926. The van der Waals surface area contributed by atoms with E-state index in [0.29, 0.717) is 43.7 Å². The Kier molecular flexibility index (Phi) is 4.81. The highest BCUT2D eigenvalue weighted by atomic mass is 16.6. The van der Waals surface area contributed by atoms with Gasteiger partial charge in [-0.25, -0.2) is 4.79 Å². The molecule has 0 atom stereocenters. The summed E-state index contributed by atoms with van der Waals surface area (Å²) >= 11 is 0. The number of nitrogens with zero attached hydrogens (tertiary/aromatic N) is 2. The first-order valence-corrected chi connectivity index (χ1v) is 9.99. The largest absolute Gasteiger partial charge is 0.486 e. The van der Waals surface area contributed by atoms with Crippen LogP contribution < -0.4 is 4.74 Å². The fourth-order valence-corrected chi connectivity index (χ4v) is 3.92. The van der Waals surface area contributed by atoms with Gasteiger partial charge in [-0.1, -0.05) is 6.07 Å². The molecule has 2 aliphatic heterocycles. The van der Waals surface area contributed by atoms with Crippen molar-refractivity contribution in [1.29, 1.82) is 0 Å². The zero-order chi connectivity index (χ0) is 20.6. The summed E-state index contributed by atoms with van der Waals surface area (Å²) in [6.45, 7) is 6.61. The van der Waals surface area contributed by atoms with Gasteiger partial charge in [-0.3, -0.25) is 9.78 Å². The van der Waals surface area contributed by atoms with Crippen molar-refractivity contribution >= 4 is 11.9 Å². The summed E-state index contributed by atoms with van der Waals surface area (Å²) in [5, 5.41) is 0. The van der Waals surface area contributed by atoms with Gasteiger partial charge >= 0.3 is 6.09 Å². The summed E-state index contributed by atoms with van der Waals surface area (Å²) in [5.41, 5.74) is 1.55. The summed E-state index contributed by atoms with van der Waals surface area (Å²) in [6.07, 6.45) is 4.73. The van der Waals surface area contributed by atoms with Crippen molar-refractivity contribution in [3.8, 4) is 16.9 Å². The van der Waals surface area contributed by atoms with E-state index in [-0.39, 0.29) is 11.9 Å². The van der Waals surface area contributed by atoms with Gasteiger partial charge in [0.15, 0.2) is 5.78 Å². The lowest BCUT2D eigenvalue weighted by molar-refractivity contribution is -0.0226. The molecule has 1 aromatic heterocycles. The first kappa shape index (κ1) is 19.4. The molecule has 0 N–H and O–H groups in total. The summed E-state index contributed by atoms with van der Waals surface area (Å²) < 4.78 is 11.8. The van der Waals surface area contributed by atoms with Crippen molar-refractivity contribution in [3.63, 3.8) is 0 Å². The number of piperidine rings is 1. The number of hydrogen-bond acceptors (Lipinski definition) is 5. The highest BCUT2D eigenvalue weighted by Gasteiger charge is 2.44. The van der Waals surface area contributed by atoms with Gasteiger partial charge in [0.25, 0.3) is 0 Å². The van der Waals surface area contributed by atoms with Gasteiger partial charge in [0.05, 0.1) is 12.0 Å². The van der Waals surface area contributed by atoms with Crippen LogP contribution in [-0.4, -0.2) is 46.1 Å². The minimum absolute atomic E-state index is 0.0906. The third-order valence-corrected chi connectivity index (χ3v) is 5.43. The molecular formula is C23H26N2O4. The maximum Gasteiger partial charge on any atom is 0.410 e. The smallest absolute Gasteiger partial charge is 0.410 e. The number of fused-ring (bicyclic) bond motifs is 1. The molecule has 152 valence electrons. The van der Waals surface area contributed by atoms with Crippen molar-refractivity contribution in [2.45, 2.75) is 51.2 Å². The van der Waals surface area contributed by atoms with Crippen molar-refractivity contribution < 1.29 is 19.1 Å². The molecule has 1 fully saturated rings. The summed E-state index contributed by atoms with van der Waals surface area (Å²) in [6, 6.07) is 9.59. The molecule has 1 saturated heterocycles. The molecule has 29 heavy (non-hydrogen) atoms. The number of ketones is 1. The van der Waals surface area contributed by atoms with E-state index in [4.69, 9.17) is 9.47 Å². The predicted octanol–water partition coefficient (Wildman–Crippen LogP) is 4.48. The van der Waals surface area contributed by atoms with Gasteiger partial charge in [0.1, 0.15) is 17.0 Å². The quantitative estimate of drug-likeness (QED) is 0.713. The minimum atomic E-state index is -0.541. The Morgan fingerprint density at radius 2 is 1.79 bits per heavy atom. The van der Waals surface area contributed by atoms with Crippen LogP contribution in [0.5, 0.6) is 5.75 Å². The molecule has 3 heterocycles. The standard InChI is InChI=1S/C23H26N2O4/c1-22(2,3)29-21(27)25-12-8-23(9-13-25)15-19(26)18-14-17(4-5-20(18)28-23)16-6-10-24-11-7-16/h4-7,10-11,14H,8-9,12-13,15H2,1-3H3. The molecule has 0 bridgehead atoms. The van der Waals surface area contributed by atoms with Crippen molar-refractivity contribution in [2.24, 2.45) is 0 Å². The zero-order valence-corrected chi connectivity index (χ0v) is 17.1. The first-order valence-electron chi connectivity index (χ1n) is 9.99. The normalized spacial score (nSPS) is 18.2. The second-order valence-electron chi connectivity index (χ2n) is 8.80. The minimum Gasteiger partial charge on any atom is -0.486 e. The molecule has 6 heteroatoms. The van der Waals surface area contributed by atoms with Gasteiger partial charge in [0.2, 0.25) is 0 Å². The van der Waals surface area contributed by atoms with E-state index in [2.05, 4.69) is 4.98 Å². The van der Waals surface area contributed by atoms with E-state index in [1.54, 1.807) is 17.3 Å². The monoisotopic (exact) mass is 394 g/mol. The molecule has 1 spiro atoms. The molecule has 2 aromatic rings. The van der Waals surface area contributed by atoms with E-state index in [1.165, 1.54) is 0 Å². The second kappa shape index (κ2) is 7.17. The lowest BCUT2D eigenvalue weighted by Crippen LogP contribution is -2.52. The van der Waals surface area contributed by atoms with Gasteiger partial charge in [-0.15, -0.1) is 0 Å². The third kappa shape index (κ3) is 4.11.